The van der Waals surface area contributed by atoms with E-state index in [9.17, 15) is 0 Å². The van der Waals surface area contributed by atoms with Crippen LogP contribution in [0, 0.1) is 12.8 Å². The molecule has 3 heteroatoms. The van der Waals surface area contributed by atoms with Crippen LogP contribution in [-0.2, 0) is 0 Å². The van der Waals surface area contributed by atoms with Gasteiger partial charge in [-0.1, -0.05) is 19.8 Å². The Morgan fingerprint density at radius 3 is 3.11 bits per heavy atom. The van der Waals surface area contributed by atoms with E-state index in [2.05, 4.69) is 17.2 Å². The zero-order valence-electron chi connectivity index (χ0n) is 11.5. The maximum absolute atomic E-state index is 5.73. The molecule has 18 heavy (non-hydrogen) atoms. The summed E-state index contributed by atoms with van der Waals surface area (Å²) in [4.78, 5) is 4.21. The van der Waals surface area contributed by atoms with E-state index in [0.29, 0.717) is 6.04 Å². The van der Waals surface area contributed by atoms with Crippen molar-refractivity contribution in [2.45, 2.75) is 45.6 Å². The lowest BCUT2D eigenvalue weighted by molar-refractivity contribution is 0.265. The van der Waals surface area contributed by atoms with E-state index < -0.39 is 0 Å². The Hall–Kier alpha value is -1.09. The minimum absolute atomic E-state index is 0.687. The van der Waals surface area contributed by atoms with Crippen molar-refractivity contribution in [1.82, 2.24) is 10.3 Å². The number of aromatic nitrogens is 1. The molecule has 1 N–H and O–H groups in total. The molecule has 0 spiro atoms. The molecular weight excluding hydrogens is 224 g/mol. The van der Waals surface area contributed by atoms with E-state index in [1.807, 2.05) is 19.1 Å². The van der Waals surface area contributed by atoms with Crippen molar-refractivity contribution in [2.75, 3.05) is 13.2 Å². The number of rotatable bonds is 5. The van der Waals surface area contributed by atoms with Crippen LogP contribution in [0.1, 0.15) is 38.3 Å². The Bertz CT molecular complexity index is 367. The summed E-state index contributed by atoms with van der Waals surface area (Å²) in [7, 11) is 0. The third-order valence-corrected chi connectivity index (χ3v) is 3.69. The number of aryl methyl sites for hydroxylation is 1. The molecule has 1 aromatic rings. The summed E-state index contributed by atoms with van der Waals surface area (Å²) in [6, 6.07) is 4.58. The van der Waals surface area contributed by atoms with E-state index >= 15 is 0 Å². The van der Waals surface area contributed by atoms with Gasteiger partial charge in [-0.05, 0) is 37.8 Å². The average molecular weight is 248 g/mol. The molecule has 2 unspecified atom stereocenters. The van der Waals surface area contributed by atoms with E-state index in [1.54, 1.807) is 6.20 Å². The molecule has 0 bridgehead atoms. The van der Waals surface area contributed by atoms with Crippen molar-refractivity contribution in [3.05, 3.63) is 24.0 Å². The van der Waals surface area contributed by atoms with Gasteiger partial charge in [-0.3, -0.25) is 4.98 Å². The Morgan fingerprint density at radius 2 is 2.33 bits per heavy atom. The van der Waals surface area contributed by atoms with Crippen LogP contribution in [0.4, 0.5) is 0 Å². The standard InChI is InChI=1S/C15H24N2O/c1-12-5-3-6-14(11-12)17-9-10-18-15-7-4-8-16-13(15)2/h4,7-8,12,14,17H,3,5-6,9-11H2,1-2H3. The number of nitrogens with one attached hydrogen (secondary N) is 1. The van der Waals surface area contributed by atoms with Crippen LogP contribution >= 0.6 is 0 Å². The molecule has 1 aromatic heterocycles. The molecule has 0 amide bonds. The first-order valence-electron chi connectivity index (χ1n) is 7.03. The number of hydrogen-bond donors (Lipinski definition) is 1. The molecular formula is C15H24N2O. The van der Waals surface area contributed by atoms with Gasteiger partial charge in [0.15, 0.2) is 0 Å². The monoisotopic (exact) mass is 248 g/mol. The Balaban J connectivity index is 1.65. The lowest BCUT2D eigenvalue weighted by Crippen LogP contribution is -2.36. The van der Waals surface area contributed by atoms with Crippen LogP contribution in [0.25, 0.3) is 0 Å². The lowest BCUT2D eigenvalue weighted by Gasteiger charge is -2.27. The fourth-order valence-corrected chi connectivity index (χ4v) is 2.67. The van der Waals surface area contributed by atoms with Gasteiger partial charge < -0.3 is 10.1 Å². The molecule has 0 saturated heterocycles. The molecule has 1 fully saturated rings. The van der Waals surface area contributed by atoms with Gasteiger partial charge in [0.1, 0.15) is 12.4 Å². The zero-order valence-corrected chi connectivity index (χ0v) is 11.5. The molecule has 100 valence electrons. The summed E-state index contributed by atoms with van der Waals surface area (Å²) in [6.45, 7) is 5.97. The van der Waals surface area contributed by atoms with Crippen LogP contribution < -0.4 is 10.1 Å². The van der Waals surface area contributed by atoms with Crippen LogP contribution in [-0.4, -0.2) is 24.2 Å². The molecule has 1 aliphatic rings. The third-order valence-electron chi connectivity index (χ3n) is 3.69. The van der Waals surface area contributed by atoms with Gasteiger partial charge in [0.05, 0.1) is 5.69 Å². The van der Waals surface area contributed by atoms with Crippen molar-refractivity contribution < 1.29 is 4.74 Å². The third kappa shape index (κ3) is 3.98. The highest BCUT2D eigenvalue weighted by Crippen LogP contribution is 2.23. The largest absolute Gasteiger partial charge is 0.490 e. The fraction of sp³-hybridized carbons (Fsp3) is 0.667. The van der Waals surface area contributed by atoms with Crippen molar-refractivity contribution >= 4 is 0 Å². The second-order valence-electron chi connectivity index (χ2n) is 5.36. The summed E-state index contributed by atoms with van der Waals surface area (Å²) < 4.78 is 5.73. The van der Waals surface area contributed by atoms with Gasteiger partial charge in [-0.15, -0.1) is 0 Å². The summed E-state index contributed by atoms with van der Waals surface area (Å²) in [5, 5.41) is 3.60. The fourth-order valence-electron chi connectivity index (χ4n) is 2.67. The Kier molecular flexibility index (Phi) is 5.00. The predicted octanol–water partition coefficient (Wildman–Crippen LogP) is 2.94. The maximum atomic E-state index is 5.73. The van der Waals surface area contributed by atoms with Gasteiger partial charge >= 0.3 is 0 Å². The maximum Gasteiger partial charge on any atom is 0.140 e. The molecule has 1 heterocycles. The highest BCUT2D eigenvalue weighted by molar-refractivity contribution is 5.25. The van der Waals surface area contributed by atoms with E-state index in [4.69, 9.17) is 4.74 Å². The molecule has 2 atom stereocenters. The molecule has 0 aliphatic heterocycles. The number of pyridine rings is 1. The normalized spacial score (nSPS) is 23.9. The SMILES string of the molecule is Cc1ncccc1OCCNC1CCCC(C)C1. The number of nitrogens with zero attached hydrogens (tertiary/aromatic N) is 1. The minimum atomic E-state index is 0.687. The highest BCUT2D eigenvalue weighted by atomic mass is 16.5. The van der Waals surface area contributed by atoms with Gasteiger partial charge in [-0.2, -0.15) is 0 Å². The molecule has 0 radical (unpaired) electrons. The first kappa shape index (κ1) is 13.3. The minimum Gasteiger partial charge on any atom is -0.490 e. The van der Waals surface area contributed by atoms with Crippen molar-refractivity contribution in [3.8, 4) is 5.75 Å². The van der Waals surface area contributed by atoms with E-state index in [1.165, 1.54) is 25.7 Å². The van der Waals surface area contributed by atoms with Crippen LogP contribution in [0.5, 0.6) is 5.75 Å². The molecule has 0 aromatic carbocycles. The molecule has 1 saturated carbocycles. The smallest absolute Gasteiger partial charge is 0.140 e. The lowest BCUT2D eigenvalue weighted by atomic mass is 9.87. The first-order valence-corrected chi connectivity index (χ1v) is 7.03. The van der Waals surface area contributed by atoms with Crippen molar-refractivity contribution in [3.63, 3.8) is 0 Å². The average Bonchev–Trinajstić information content (AvgIpc) is 2.37. The molecule has 1 aliphatic carbocycles. The van der Waals surface area contributed by atoms with Crippen molar-refractivity contribution in [2.24, 2.45) is 5.92 Å². The molecule has 2 rings (SSSR count). The summed E-state index contributed by atoms with van der Waals surface area (Å²) in [5.41, 5.74) is 0.962. The molecule has 3 nitrogen and oxygen atoms in total. The summed E-state index contributed by atoms with van der Waals surface area (Å²) in [5.74, 6) is 1.77. The zero-order chi connectivity index (χ0) is 12.8. The summed E-state index contributed by atoms with van der Waals surface area (Å²) in [6.07, 6.45) is 7.18. The highest BCUT2D eigenvalue weighted by Gasteiger charge is 2.17. The van der Waals surface area contributed by atoms with Gasteiger partial charge in [0.25, 0.3) is 0 Å². The quantitative estimate of drug-likeness (QED) is 0.814. The Labute approximate surface area is 110 Å². The second-order valence-corrected chi connectivity index (χ2v) is 5.36. The summed E-state index contributed by atoms with van der Waals surface area (Å²) >= 11 is 0. The predicted molar refractivity (Wildman–Crippen MR) is 73.9 cm³/mol. The van der Waals surface area contributed by atoms with E-state index in [-0.39, 0.29) is 0 Å². The van der Waals surface area contributed by atoms with Crippen LogP contribution in [0.2, 0.25) is 0 Å². The number of ether oxygens (including phenoxy) is 1. The van der Waals surface area contributed by atoms with Crippen LogP contribution in [0.3, 0.4) is 0 Å². The first-order chi connectivity index (χ1) is 8.75. The van der Waals surface area contributed by atoms with E-state index in [0.717, 1.165) is 30.5 Å². The van der Waals surface area contributed by atoms with Crippen molar-refractivity contribution in [1.29, 1.82) is 0 Å². The topological polar surface area (TPSA) is 34.1 Å². The Morgan fingerprint density at radius 1 is 1.44 bits per heavy atom. The van der Waals surface area contributed by atoms with Crippen LogP contribution in [0.15, 0.2) is 18.3 Å². The van der Waals surface area contributed by atoms with Gasteiger partial charge in [0.2, 0.25) is 0 Å². The van der Waals surface area contributed by atoms with Gasteiger partial charge in [0, 0.05) is 18.8 Å². The van der Waals surface area contributed by atoms with Gasteiger partial charge in [-0.25, -0.2) is 0 Å². The second kappa shape index (κ2) is 6.74. The number of hydrogen-bond acceptors (Lipinski definition) is 3.